The van der Waals surface area contributed by atoms with Gasteiger partial charge in [-0.3, -0.25) is 14.5 Å². The third-order valence-electron chi connectivity index (χ3n) is 7.72. The van der Waals surface area contributed by atoms with Crippen LogP contribution in [0, 0.1) is 40.4 Å². The molecule has 0 bridgehead atoms. The Balaban J connectivity index is 2.21. The Bertz CT molecular complexity index is 1010. The maximum atomic E-state index is 14.5. The van der Waals surface area contributed by atoms with Crippen molar-refractivity contribution in [3.63, 3.8) is 0 Å². The second-order valence-electron chi connectivity index (χ2n) is 11.2. The van der Waals surface area contributed by atoms with Crippen molar-refractivity contribution >= 4 is 34.7 Å². The van der Waals surface area contributed by atoms with E-state index in [-0.39, 0.29) is 28.9 Å². The van der Waals surface area contributed by atoms with E-state index >= 15 is 0 Å². The Morgan fingerprint density at radius 2 is 1.82 bits per heavy atom. The van der Waals surface area contributed by atoms with E-state index < -0.39 is 17.4 Å². The summed E-state index contributed by atoms with van der Waals surface area (Å²) in [5, 5.41) is 0. The van der Waals surface area contributed by atoms with Crippen molar-refractivity contribution < 1.29 is 19.1 Å². The van der Waals surface area contributed by atoms with Crippen molar-refractivity contribution in [2.45, 2.75) is 86.6 Å². The Labute approximate surface area is 208 Å². The summed E-state index contributed by atoms with van der Waals surface area (Å²) in [6.07, 6.45) is 4.28. The number of carbonyl (C=O) groups excluding carboxylic acids is 3. The second-order valence-corrected chi connectivity index (χ2v) is 12.3. The maximum Gasteiger partial charge on any atom is 0.350 e. The molecule has 186 valence electrons. The van der Waals surface area contributed by atoms with Gasteiger partial charge in [0.2, 0.25) is 5.91 Å². The SMILES string of the molecule is CCC1C(C)C(=O)C(C)N(c2cc(C#CC(C)(C)C)sc2C(=O)OC)C(=O)C12CCC(C)CC2. The van der Waals surface area contributed by atoms with E-state index in [9.17, 15) is 14.4 Å². The van der Waals surface area contributed by atoms with Crippen LogP contribution in [0.15, 0.2) is 6.07 Å². The number of thiophene rings is 1. The van der Waals surface area contributed by atoms with Crippen molar-refractivity contribution in [1.82, 2.24) is 0 Å². The van der Waals surface area contributed by atoms with Crippen molar-refractivity contribution in [3.8, 4) is 11.8 Å². The summed E-state index contributed by atoms with van der Waals surface area (Å²) < 4.78 is 5.07. The van der Waals surface area contributed by atoms with E-state index in [0.717, 1.165) is 32.1 Å². The molecule has 0 radical (unpaired) electrons. The fourth-order valence-corrected chi connectivity index (χ4v) is 6.71. The molecule has 0 N–H and O–H groups in total. The molecule has 2 heterocycles. The normalized spacial score (nSPS) is 30.1. The molecule has 1 saturated heterocycles. The molecule has 0 aromatic carbocycles. The van der Waals surface area contributed by atoms with Gasteiger partial charge in [-0.1, -0.05) is 39.0 Å². The number of rotatable bonds is 3. The van der Waals surface area contributed by atoms with Crippen LogP contribution in [0.3, 0.4) is 0 Å². The number of ketones is 1. The molecule has 2 aliphatic rings. The van der Waals surface area contributed by atoms with Gasteiger partial charge in [0.15, 0.2) is 5.78 Å². The molecule has 34 heavy (non-hydrogen) atoms. The van der Waals surface area contributed by atoms with Crippen molar-refractivity contribution in [2.75, 3.05) is 12.0 Å². The first-order valence-electron chi connectivity index (χ1n) is 12.5. The van der Waals surface area contributed by atoms with E-state index in [0.29, 0.717) is 21.4 Å². The zero-order valence-corrected chi connectivity index (χ0v) is 22.7. The molecule has 5 nitrogen and oxygen atoms in total. The van der Waals surface area contributed by atoms with Crippen LogP contribution >= 0.6 is 11.3 Å². The molecule has 1 aliphatic heterocycles. The average molecular weight is 486 g/mol. The molecule has 2 fully saturated rings. The van der Waals surface area contributed by atoms with Crippen molar-refractivity contribution in [1.29, 1.82) is 0 Å². The fraction of sp³-hybridized carbons (Fsp3) is 0.679. The minimum absolute atomic E-state index is 0.00665. The predicted molar refractivity (Wildman–Crippen MR) is 137 cm³/mol. The highest BCUT2D eigenvalue weighted by atomic mass is 32.1. The van der Waals surface area contributed by atoms with Crippen LogP contribution in [-0.4, -0.2) is 30.8 Å². The highest BCUT2D eigenvalue weighted by Crippen LogP contribution is 2.53. The summed E-state index contributed by atoms with van der Waals surface area (Å²) in [6.45, 7) is 14.2. The lowest BCUT2D eigenvalue weighted by Crippen LogP contribution is -2.51. The molecule has 1 spiro atoms. The van der Waals surface area contributed by atoms with Gasteiger partial charge in [0.1, 0.15) is 4.88 Å². The zero-order chi connectivity index (χ0) is 25.4. The Kier molecular flexibility index (Phi) is 7.67. The largest absolute Gasteiger partial charge is 0.465 e. The predicted octanol–water partition coefficient (Wildman–Crippen LogP) is 6.10. The number of hydrogen-bond acceptors (Lipinski definition) is 5. The number of hydrogen-bond donors (Lipinski definition) is 0. The van der Waals surface area contributed by atoms with E-state index in [1.807, 2.05) is 27.7 Å². The smallest absolute Gasteiger partial charge is 0.350 e. The van der Waals surface area contributed by atoms with Crippen molar-refractivity contribution in [3.05, 3.63) is 15.8 Å². The third-order valence-corrected chi connectivity index (χ3v) is 8.74. The highest BCUT2D eigenvalue weighted by molar-refractivity contribution is 7.15. The highest BCUT2D eigenvalue weighted by Gasteiger charge is 2.56. The molecule has 6 heteroatoms. The quantitative estimate of drug-likeness (QED) is 0.384. The minimum Gasteiger partial charge on any atom is -0.465 e. The molecule has 1 amide bonds. The first kappa shape index (κ1) is 26.5. The van der Waals surface area contributed by atoms with Gasteiger partial charge >= 0.3 is 5.97 Å². The number of esters is 1. The standard InChI is InChI=1S/C28H39NO4S/c1-9-21-18(3)23(30)19(4)29(26(32)28(21)14-10-17(2)11-15-28)22-16-20(12-13-27(5,6)7)34-24(22)25(31)33-8/h16-19,21H,9-11,14-15H2,1-8H3. The van der Waals surface area contributed by atoms with Crippen LogP contribution in [-0.2, 0) is 14.3 Å². The average Bonchev–Trinajstić information content (AvgIpc) is 3.19. The molecule has 3 unspecified atom stereocenters. The number of Topliss-reactive ketones (excluding diaryl/α,β-unsaturated/α-hetero) is 1. The Morgan fingerprint density at radius 3 is 2.35 bits per heavy atom. The van der Waals surface area contributed by atoms with Gasteiger partial charge in [0.25, 0.3) is 0 Å². The van der Waals surface area contributed by atoms with Crippen LogP contribution < -0.4 is 4.90 Å². The Hall–Kier alpha value is -2.13. The van der Waals surface area contributed by atoms with Crippen LogP contribution in [0.5, 0.6) is 0 Å². The molecular formula is C28H39NO4S. The molecule has 1 aromatic rings. The topological polar surface area (TPSA) is 63.7 Å². The maximum absolute atomic E-state index is 14.5. The molecule has 3 atom stereocenters. The number of ether oxygens (including phenoxy) is 1. The van der Waals surface area contributed by atoms with Crippen LogP contribution in [0.2, 0.25) is 0 Å². The monoisotopic (exact) mass is 485 g/mol. The molecule has 3 rings (SSSR count). The number of methoxy groups -OCH3 is 1. The van der Waals surface area contributed by atoms with Gasteiger partial charge in [-0.15, -0.1) is 11.3 Å². The van der Waals surface area contributed by atoms with Gasteiger partial charge < -0.3 is 4.74 Å². The Morgan fingerprint density at radius 1 is 1.21 bits per heavy atom. The lowest BCUT2D eigenvalue weighted by Gasteiger charge is -2.45. The van der Waals surface area contributed by atoms with E-state index in [1.54, 1.807) is 17.9 Å². The van der Waals surface area contributed by atoms with Gasteiger partial charge in [-0.2, -0.15) is 0 Å². The molecule has 1 aromatic heterocycles. The minimum atomic E-state index is -0.656. The van der Waals surface area contributed by atoms with Crippen LogP contribution in [0.25, 0.3) is 0 Å². The van der Waals surface area contributed by atoms with E-state index in [4.69, 9.17) is 4.74 Å². The van der Waals surface area contributed by atoms with E-state index in [1.165, 1.54) is 18.4 Å². The van der Waals surface area contributed by atoms with Gasteiger partial charge in [0, 0.05) is 11.3 Å². The molecule has 1 saturated carbocycles. The third kappa shape index (κ3) is 4.82. The fourth-order valence-electron chi connectivity index (χ4n) is 5.79. The summed E-state index contributed by atoms with van der Waals surface area (Å²) in [5.74, 6) is 6.24. The summed E-state index contributed by atoms with van der Waals surface area (Å²) in [7, 11) is 1.34. The van der Waals surface area contributed by atoms with Gasteiger partial charge in [-0.05, 0) is 71.3 Å². The van der Waals surface area contributed by atoms with Crippen LogP contribution in [0.4, 0.5) is 5.69 Å². The van der Waals surface area contributed by atoms with E-state index in [2.05, 4.69) is 25.7 Å². The summed E-state index contributed by atoms with van der Waals surface area (Å²) in [4.78, 5) is 43.5. The number of carbonyl (C=O) groups is 3. The number of anilines is 1. The van der Waals surface area contributed by atoms with Gasteiger partial charge in [-0.25, -0.2) is 4.79 Å². The lowest BCUT2D eigenvalue weighted by atomic mass is 9.59. The molecule has 1 aliphatic carbocycles. The summed E-state index contributed by atoms with van der Waals surface area (Å²) >= 11 is 1.23. The molecular weight excluding hydrogens is 446 g/mol. The second kappa shape index (κ2) is 9.85. The number of amides is 1. The summed E-state index contributed by atoms with van der Waals surface area (Å²) in [6, 6.07) is 1.14. The first-order chi connectivity index (χ1) is 15.9. The lowest BCUT2D eigenvalue weighted by molar-refractivity contribution is -0.135. The van der Waals surface area contributed by atoms with Crippen molar-refractivity contribution in [2.24, 2.45) is 28.6 Å². The van der Waals surface area contributed by atoms with Gasteiger partial charge in [0.05, 0.1) is 29.1 Å². The zero-order valence-electron chi connectivity index (χ0n) is 21.9. The first-order valence-corrected chi connectivity index (χ1v) is 13.3. The van der Waals surface area contributed by atoms with Crippen LogP contribution in [0.1, 0.15) is 95.1 Å². The number of nitrogens with zero attached hydrogens (tertiary/aromatic N) is 1. The summed E-state index contributed by atoms with van der Waals surface area (Å²) in [5.41, 5.74) is -0.333.